The van der Waals surface area contributed by atoms with Crippen molar-refractivity contribution >= 4 is 17.4 Å². The number of amides is 2. The van der Waals surface area contributed by atoms with Crippen LogP contribution in [0.25, 0.3) is 0 Å². The Balaban J connectivity index is 1.65. The molecule has 0 aliphatic rings. The highest BCUT2D eigenvalue weighted by Crippen LogP contribution is 2.14. The quantitative estimate of drug-likeness (QED) is 0.825. The van der Waals surface area contributed by atoms with Crippen molar-refractivity contribution in [3.8, 4) is 0 Å². The Morgan fingerprint density at radius 3 is 2.68 bits per heavy atom. The molecule has 0 bridgehead atoms. The van der Waals surface area contributed by atoms with Gasteiger partial charge in [0.25, 0.3) is 0 Å². The van der Waals surface area contributed by atoms with Gasteiger partial charge in [0.2, 0.25) is 0 Å². The summed E-state index contributed by atoms with van der Waals surface area (Å²) in [6.45, 7) is 2.91. The minimum atomic E-state index is -0.331. The number of nitrogens with one attached hydrogen (secondary N) is 2. The largest absolute Gasteiger partial charge is 0.339 e. The fraction of sp³-hybridized carbons (Fsp3) is 0.214. The van der Waals surface area contributed by atoms with Crippen molar-refractivity contribution < 1.29 is 9.63 Å². The average Bonchev–Trinajstić information content (AvgIpc) is 2.83. The molecule has 19 heavy (non-hydrogen) atoms. The number of urea groups is 1. The molecule has 2 N–H and O–H groups in total. The Labute approximate surface area is 116 Å². The molecular formula is C14H16N2O2S. The van der Waals surface area contributed by atoms with E-state index in [1.807, 2.05) is 49.4 Å². The Morgan fingerprint density at radius 2 is 2.00 bits per heavy atom. The number of carbonyl (C=O) groups is 1. The van der Waals surface area contributed by atoms with Crippen LogP contribution in [0.2, 0.25) is 0 Å². The summed E-state index contributed by atoms with van der Waals surface area (Å²) in [5.74, 6) is 0. The molecule has 1 aromatic carbocycles. The Morgan fingerprint density at radius 1 is 1.21 bits per heavy atom. The number of aryl methyl sites for hydroxylation is 1. The van der Waals surface area contributed by atoms with Crippen LogP contribution in [0.5, 0.6) is 0 Å². The molecule has 1 heterocycles. The van der Waals surface area contributed by atoms with E-state index in [2.05, 4.69) is 10.8 Å². The predicted octanol–water partition coefficient (Wildman–Crippen LogP) is 2.99. The number of benzene rings is 1. The van der Waals surface area contributed by atoms with Gasteiger partial charge in [-0.05, 0) is 24.6 Å². The first-order chi connectivity index (χ1) is 9.24. The van der Waals surface area contributed by atoms with Crippen molar-refractivity contribution in [2.45, 2.75) is 20.1 Å². The normalized spacial score (nSPS) is 10.2. The van der Waals surface area contributed by atoms with E-state index in [1.165, 1.54) is 4.88 Å². The summed E-state index contributed by atoms with van der Waals surface area (Å²) in [5, 5.41) is 2.73. The van der Waals surface area contributed by atoms with Crippen LogP contribution in [0.1, 0.15) is 15.3 Å². The second-order valence-electron chi connectivity index (χ2n) is 4.07. The summed E-state index contributed by atoms with van der Waals surface area (Å²) in [4.78, 5) is 18.9. The minimum absolute atomic E-state index is 0.331. The fourth-order valence-corrected chi connectivity index (χ4v) is 2.37. The highest BCUT2D eigenvalue weighted by molar-refractivity contribution is 7.11. The Hall–Kier alpha value is -1.85. The van der Waals surface area contributed by atoms with E-state index < -0.39 is 0 Å². The second-order valence-corrected chi connectivity index (χ2v) is 5.44. The lowest BCUT2D eigenvalue weighted by Crippen LogP contribution is -2.34. The standard InChI is InChI=1S/C14H16N2O2S/c1-11-7-8-13(19-11)9-15-14(17)16-18-10-12-5-3-2-4-6-12/h2-8H,9-10H2,1H3,(H2,15,16,17). The molecule has 0 saturated heterocycles. The van der Waals surface area contributed by atoms with E-state index in [1.54, 1.807) is 11.3 Å². The zero-order chi connectivity index (χ0) is 13.5. The minimum Gasteiger partial charge on any atom is -0.331 e. The zero-order valence-corrected chi connectivity index (χ0v) is 11.5. The number of thiophene rings is 1. The molecule has 5 heteroatoms. The first-order valence-electron chi connectivity index (χ1n) is 5.99. The third-order valence-electron chi connectivity index (χ3n) is 2.47. The highest BCUT2D eigenvalue weighted by Gasteiger charge is 2.02. The van der Waals surface area contributed by atoms with E-state index in [0.717, 1.165) is 10.4 Å². The van der Waals surface area contributed by atoms with Gasteiger partial charge in [-0.15, -0.1) is 11.3 Å². The lowest BCUT2D eigenvalue weighted by molar-refractivity contribution is 0.0490. The van der Waals surface area contributed by atoms with Crippen molar-refractivity contribution in [2.75, 3.05) is 0 Å². The highest BCUT2D eigenvalue weighted by atomic mass is 32.1. The third kappa shape index (κ3) is 4.73. The van der Waals surface area contributed by atoms with E-state index >= 15 is 0 Å². The molecule has 2 aromatic rings. The van der Waals surface area contributed by atoms with Crippen molar-refractivity contribution in [3.63, 3.8) is 0 Å². The van der Waals surface area contributed by atoms with Crippen molar-refractivity contribution in [1.29, 1.82) is 0 Å². The molecule has 0 atom stereocenters. The number of carbonyl (C=O) groups excluding carboxylic acids is 1. The number of hydrogen-bond donors (Lipinski definition) is 2. The Bertz CT molecular complexity index is 525. The first-order valence-corrected chi connectivity index (χ1v) is 6.80. The molecule has 0 unspecified atom stereocenters. The molecule has 2 rings (SSSR count). The zero-order valence-electron chi connectivity index (χ0n) is 10.7. The first kappa shape index (κ1) is 13.6. The van der Waals surface area contributed by atoms with Crippen LogP contribution in [0, 0.1) is 6.92 Å². The molecule has 1 aromatic heterocycles. The Kier molecular flexibility index (Phi) is 4.94. The summed E-state index contributed by atoms with van der Waals surface area (Å²) in [5.41, 5.74) is 3.37. The topological polar surface area (TPSA) is 50.4 Å². The molecule has 0 spiro atoms. The molecule has 0 fully saturated rings. The van der Waals surface area contributed by atoms with Crippen LogP contribution >= 0.6 is 11.3 Å². The van der Waals surface area contributed by atoms with Gasteiger partial charge < -0.3 is 5.32 Å². The molecule has 0 radical (unpaired) electrons. The van der Waals surface area contributed by atoms with Gasteiger partial charge in [-0.3, -0.25) is 4.84 Å². The van der Waals surface area contributed by atoms with Gasteiger partial charge >= 0.3 is 6.03 Å². The van der Waals surface area contributed by atoms with Crippen LogP contribution in [-0.4, -0.2) is 6.03 Å². The SMILES string of the molecule is Cc1ccc(CNC(=O)NOCc2ccccc2)s1. The van der Waals surface area contributed by atoms with Gasteiger partial charge in [-0.2, -0.15) is 0 Å². The van der Waals surface area contributed by atoms with Crippen LogP contribution in [0.4, 0.5) is 4.79 Å². The maximum absolute atomic E-state index is 11.5. The van der Waals surface area contributed by atoms with Crippen LogP contribution in [-0.2, 0) is 18.0 Å². The maximum atomic E-state index is 11.5. The molecule has 0 aliphatic carbocycles. The second kappa shape index (κ2) is 6.92. The summed E-state index contributed by atoms with van der Waals surface area (Å²) in [6.07, 6.45) is 0. The van der Waals surface area contributed by atoms with Crippen molar-refractivity contribution in [3.05, 3.63) is 57.8 Å². The van der Waals surface area contributed by atoms with E-state index in [0.29, 0.717) is 13.2 Å². The summed E-state index contributed by atoms with van der Waals surface area (Å²) < 4.78 is 0. The van der Waals surface area contributed by atoms with Crippen molar-refractivity contribution in [2.24, 2.45) is 0 Å². The fourth-order valence-electron chi connectivity index (χ4n) is 1.54. The van der Waals surface area contributed by atoms with Gasteiger partial charge in [0.15, 0.2) is 0 Å². The molecule has 0 saturated carbocycles. The smallest absolute Gasteiger partial charge is 0.331 e. The van der Waals surface area contributed by atoms with Crippen LogP contribution < -0.4 is 10.8 Å². The van der Waals surface area contributed by atoms with Gasteiger partial charge in [0, 0.05) is 9.75 Å². The molecule has 2 amide bonds. The van der Waals surface area contributed by atoms with Gasteiger partial charge in [0.05, 0.1) is 13.2 Å². The number of hydroxylamine groups is 1. The maximum Gasteiger partial charge on any atom is 0.339 e. The molecule has 4 nitrogen and oxygen atoms in total. The summed E-state index contributed by atoms with van der Waals surface area (Å²) >= 11 is 1.67. The summed E-state index contributed by atoms with van der Waals surface area (Å²) in [6, 6.07) is 13.4. The van der Waals surface area contributed by atoms with E-state index in [-0.39, 0.29) is 6.03 Å². The molecule has 0 aliphatic heterocycles. The van der Waals surface area contributed by atoms with Crippen LogP contribution in [0.15, 0.2) is 42.5 Å². The number of hydrogen-bond acceptors (Lipinski definition) is 3. The lowest BCUT2D eigenvalue weighted by Gasteiger charge is -2.07. The van der Waals surface area contributed by atoms with Gasteiger partial charge in [-0.1, -0.05) is 30.3 Å². The predicted molar refractivity (Wildman–Crippen MR) is 75.7 cm³/mol. The molecule has 100 valence electrons. The van der Waals surface area contributed by atoms with E-state index in [9.17, 15) is 4.79 Å². The monoisotopic (exact) mass is 276 g/mol. The average molecular weight is 276 g/mol. The number of rotatable bonds is 5. The summed E-state index contributed by atoms with van der Waals surface area (Å²) in [7, 11) is 0. The van der Waals surface area contributed by atoms with E-state index in [4.69, 9.17) is 4.84 Å². The van der Waals surface area contributed by atoms with Gasteiger partial charge in [-0.25, -0.2) is 10.3 Å². The third-order valence-corrected chi connectivity index (χ3v) is 3.47. The van der Waals surface area contributed by atoms with Crippen LogP contribution in [0.3, 0.4) is 0 Å². The molecular weight excluding hydrogens is 260 g/mol. The lowest BCUT2D eigenvalue weighted by atomic mass is 10.2. The van der Waals surface area contributed by atoms with Crippen molar-refractivity contribution in [1.82, 2.24) is 10.8 Å². The van der Waals surface area contributed by atoms with Gasteiger partial charge in [0.1, 0.15) is 0 Å².